The van der Waals surface area contributed by atoms with Crippen molar-refractivity contribution in [2.24, 2.45) is 11.8 Å². The van der Waals surface area contributed by atoms with Crippen molar-refractivity contribution in [1.29, 1.82) is 0 Å². The van der Waals surface area contributed by atoms with Gasteiger partial charge in [0.2, 0.25) is 0 Å². The van der Waals surface area contributed by atoms with E-state index in [0.717, 1.165) is 5.56 Å². The highest BCUT2D eigenvalue weighted by molar-refractivity contribution is 5.98. The van der Waals surface area contributed by atoms with Crippen LogP contribution in [0.4, 0.5) is 0 Å². The first kappa shape index (κ1) is 28.4. The number of methoxy groups -OCH3 is 1. The van der Waals surface area contributed by atoms with Crippen LogP contribution in [0, 0.1) is 11.8 Å². The summed E-state index contributed by atoms with van der Waals surface area (Å²) in [6, 6.07) is 9.04. The van der Waals surface area contributed by atoms with Crippen molar-refractivity contribution >= 4 is 23.8 Å². The Morgan fingerprint density at radius 1 is 1.18 bits per heavy atom. The minimum Gasteiger partial charge on any atom is -0.503 e. The van der Waals surface area contributed by atoms with Crippen molar-refractivity contribution < 1.29 is 43.2 Å². The van der Waals surface area contributed by atoms with Gasteiger partial charge in [-0.3, -0.25) is 14.4 Å². The third-order valence-corrected chi connectivity index (χ3v) is 6.33. The van der Waals surface area contributed by atoms with E-state index in [-0.39, 0.29) is 12.2 Å². The van der Waals surface area contributed by atoms with Crippen LogP contribution in [0.15, 0.2) is 42.6 Å². The lowest BCUT2D eigenvalue weighted by Gasteiger charge is -2.30. The Morgan fingerprint density at radius 3 is 2.55 bits per heavy atom. The van der Waals surface area contributed by atoms with Crippen molar-refractivity contribution in [1.82, 2.24) is 10.3 Å². The Hall–Kier alpha value is -4.15. The highest BCUT2D eigenvalue weighted by Gasteiger charge is 2.42. The molecule has 1 fully saturated rings. The molecule has 0 bridgehead atoms. The van der Waals surface area contributed by atoms with E-state index in [1.807, 2.05) is 37.3 Å². The number of aromatic nitrogens is 1. The number of carbonyl (C=O) groups excluding carboxylic acids is 4. The average molecular weight is 529 g/mol. The fourth-order valence-electron chi connectivity index (χ4n) is 3.89. The Labute approximate surface area is 220 Å². The van der Waals surface area contributed by atoms with Crippen molar-refractivity contribution in [3.05, 3.63) is 53.9 Å². The second-order valence-corrected chi connectivity index (χ2v) is 9.02. The van der Waals surface area contributed by atoms with Gasteiger partial charge in [0.05, 0.1) is 13.0 Å². The molecule has 1 aromatic carbocycles. The normalized spacial score (nSPS) is 22.5. The van der Waals surface area contributed by atoms with Gasteiger partial charge in [-0.25, -0.2) is 9.78 Å². The third kappa shape index (κ3) is 6.78. The molecule has 1 aromatic heterocycles. The maximum absolute atomic E-state index is 13.3. The summed E-state index contributed by atoms with van der Waals surface area (Å²) in [4.78, 5) is 55.7. The molecule has 38 heavy (non-hydrogen) atoms. The molecule has 1 saturated heterocycles. The first-order chi connectivity index (χ1) is 18.2. The summed E-state index contributed by atoms with van der Waals surface area (Å²) in [5, 5.41) is 12.6. The van der Waals surface area contributed by atoms with Crippen LogP contribution in [-0.4, -0.2) is 65.9 Å². The van der Waals surface area contributed by atoms with Crippen molar-refractivity contribution in [2.45, 2.75) is 51.9 Å². The number of hydrogen-bond acceptors (Lipinski definition) is 10. The largest absolute Gasteiger partial charge is 0.503 e. The number of ether oxygens (including phenoxy) is 4. The van der Waals surface area contributed by atoms with Crippen molar-refractivity contribution in [2.75, 3.05) is 13.7 Å². The highest BCUT2D eigenvalue weighted by Crippen LogP contribution is 2.28. The Bertz CT molecular complexity index is 1150. The van der Waals surface area contributed by atoms with E-state index in [1.54, 1.807) is 6.92 Å². The summed E-state index contributed by atoms with van der Waals surface area (Å²) in [5.74, 6) is -5.00. The lowest BCUT2D eigenvalue weighted by Crippen LogP contribution is -2.47. The molecule has 2 N–H and O–H groups in total. The number of benzene rings is 1. The SMILES string of the molecule is CC[C@@H](C)C(=O)O[C@H]1[C@H](C)OC(=O)[C@@H](NC(=O)c2nccc(OC)c2O)COC(=O)[C@@H]1Cc1ccccc1. The number of aromatic hydroxyl groups is 1. The molecule has 2 aromatic rings. The number of cyclic esters (lactones) is 2. The first-order valence-corrected chi connectivity index (χ1v) is 12.3. The fraction of sp³-hybridized carbons (Fsp3) is 0.444. The maximum atomic E-state index is 13.3. The van der Waals surface area contributed by atoms with Gasteiger partial charge in [-0.15, -0.1) is 0 Å². The van der Waals surface area contributed by atoms with Gasteiger partial charge in [0.25, 0.3) is 5.91 Å². The molecule has 11 heteroatoms. The van der Waals surface area contributed by atoms with Crippen LogP contribution >= 0.6 is 0 Å². The van der Waals surface area contributed by atoms with Crippen LogP contribution in [-0.2, 0) is 35.0 Å². The molecule has 3 rings (SSSR count). The van der Waals surface area contributed by atoms with Gasteiger partial charge in [0, 0.05) is 12.3 Å². The molecule has 5 atom stereocenters. The Morgan fingerprint density at radius 2 is 1.89 bits per heavy atom. The van der Waals surface area contributed by atoms with Crippen molar-refractivity contribution in [3.63, 3.8) is 0 Å². The van der Waals surface area contributed by atoms with Crippen molar-refractivity contribution in [3.8, 4) is 11.5 Å². The second kappa shape index (κ2) is 12.9. The zero-order valence-corrected chi connectivity index (χ0v) is 21.7. The van der Waals surface area contributed by atoms with Gasteiger partial charge in [-0.05, 0) is 25.3 Å². The topological polar surface area (TPSA) is 150 Å². The molecule has 204 valence electrons. The summed E-state index contributed by atoms with van der Waals surface area (Å²) in [7, 11) is 1.31. The number of esters is 3. The van der Waals surface area contributed by atoms with Gasteiger partial charge in [-0.2, -0.15) is 0 Å². The summed E-state index contributed by atoms with van der Waals surface area (Å²) < 4.78 is 21.7. The summed E-state index contributed by atoms with van der Waals surface area (Å²) in [6.07, 6.45) is -0.239. The van der Waals surface area contributed by atoms with Gasteiger partial charge in [-0.1, -0.05) is 44.2 Å². The van der Waals surface area contributed by atoms with E-state index in [4.69, 9.17) is 18.9 Å². The molecule has 0 saturated carbocycles. The number of amides is 1. The number of nitrogens with zero attached hydrogens (tertiary/aromatic N) is 1. The van der Waals surface area contributed by atoms with Crippen LogP contribution in [0.25, 0.3) is 0 Å². The maximum Gasteiger partial charge on any atom is 0.332 e. The van der Waals surface area contributed by atoms with Crippen LogP contribution in [0.5, 0.6) is 11.5 Å². The molecule has 2 heterocycles. The van der Waals surface area contributed by atoms with E-state index in [1.165, 1.54) is 26.3 Å². The number of pyridine rings is 1. The molecule has 0 aliphatic carbocycles. The zero-order chi connectivity index (χ0) is 27.8. The number of carbonyl (C=O) groups is 4. The number of rotatable bonds is 8. The van der Waals surface area contributed by atoms with E-state index in [2.05, 4.69) is 10.3 Å². The standard InChI is InChI=1S/C27H32N2O9/c1-5-15(2)25(32)38-23-16(3)37-27(34)19(29-24(31)21-22(30)20(35-4)11-12-28-21)14-36-26(33)18(23)13-17-9-7-6-8-10-17/h6-12,15-16,18-19,23,30H,5,13-14H2,1-4H3,(H,29,31)/t15-,16+,18-,19+,23+/m1/s1. The molecule has 1 aliphatic rings. The van der Waals surface area contributed by atoms with Crippen LogP contribution in [0.2, 0.25) is 0 Å². The molecule has 0 radical (unpaired) electrons. The van der Waals surface area contributed by atoms with E-state index < -0.39 is 72.0 Å². The van der Waals surface area contributed by atoms with Crippen LogP contribution < -0.4 is 10.1 Å². The first-order valence-electron chi connectivity index (χ1n) is 12.3. The predicted molar refractivity (Wildman–Crippen MR) is 133 cm³/mol. The highest BCUT2D eigenvalue weighted by atomic mass is 16.6. The Kier molecular flexibility index (Phi) is 9.64. The Balaban J connectivity index is 1.88. The lowest BCUT2D eigenvalue weighted by atomic mass is 9.91. The minimum absolute atomic E-state index is 0.0111. The predicted octanol–water partition coefficient (Wildman–Crippen LogP) is 2.20. The van der Waals surface area contributed by atoms with Gasteiger partial charge in [0.1, 0.15) is 18.6 Å². The molecule has 0 spiro atoms. The zero-order valence-electron chi connectivity index (χ0n) is 21.7. The molecule has 1 aliphatic heterocycles. The van der Waals surface area contributed by atoms with Crippen LogP contribution in [0.1, 0.15) is 43.2 Å². The molecule has 0 unspecified atom stereocenters. The lowest BCUT2D eigenvalue weighted by molar-refractivity contribution is -0.176. The van der Waals surface area contributed by atoms with Gasteiger partial charge < -0.3 is 29.4 Å². The number of nitrogens with one attached hydrogen (secondary N) is 1. The van der Waals surface area contributed by atoms with Gasteiger partial charge in [0.15, 0.2) is 29.3 Å². The van der Waals surface area contributed by atoms with E-state index in [9.17, 15) is 24.3 Å². The summed E-state index contributed by atoms with van der Waals surface area (Å²) in [5.41, 5.74) is 0.403. The molecule has 11 nitrogen and oxygen atoms in total. The van der Waals surface area contributed by atoms with E-state index >= 15 is 0 Å². The number of hydrogen-bond donors (Lipinski definition) is 2. The second-order valence-electron chi connectivity index (χ2n) is 9.02. The third-order valence-electron chi connectivity index (χ3n) is 6.33. The smallest absolute Gasteiger partial charge is 0.332 e. The monoisotopic (exact) mass is 528 g/mol. The fourth-order valence-corrected chi connectivity index (χ4v) is 3.89. The molecule has 1 amide bonds. The quantitative estimate of drug-likeness (QED) is 0.385. The van der Waals surface area contributed by atoms with Crippen LogP contribution in [0.3, 0.4) is 0 Å². The van der Waals surface area contributed by atoms with E-state index in [0.29, 0.717) is 6.42 Å². The van der Waals surface area contributed by atoms with Gasteiger partial charge >= 0.3 is 17.9 Å². The summed E-state index contributed by atoms with van der Waals surface area (Å²) >= 11 is 0. The molecular formula is C27H32N2O9. The minimum atomic E-state index is -1.41. The molecular weight excluding hydrogens is 496 g/mol. The summed E-state index contributed by atoms with van der Waals surface area (Å²) in [6.45, 7) is 4.50. The average Bonchev–Trinajstić information content (AvgIpc) is 2.95.